The maximum atomic E-state index is 12.8. The number of carbonyl (C=O) groups excluding carboxylic acids is 2. The summed E-state index contributed by atoms with van der Waals surface area (Å²) in [5.41, 5.74) is 8.56. The highest BCUT2D eigenvalue weighted by Crippen LogP contribution is 2.41. The van der Waals surface area contributed by atoms with Crippen molar-refractivity contribution in [2.45, 2.75) is 48.5 Å². The van der Waals surface area contributed by atoms with Crippen LogP contribution in [0.1, 0.15) is 32.1 Å². The van der Waals surface area contributed by atoms with Crippen LogP contribution in [0.5, 0.6) is 5.88 Å². The molecular weight excluding hydrogens is 466 g/mol. The molecule has 3 heterocycles. The van der Waals surface area contributed by atoms with E-state index in [9.17, 15) is 24.6 Å². The van der Waals surface area contributed by atoms with E-state index in [0.29, 0.717) is 28.6 Å². The smallest absolute Gasteiger partial charge is 0.352 e. The van der Waals surface area contributed by atoms with E-state index in [1.807, 2.05) is 0 Å². The van der Waals surface area contributed by atoms with Crippen molar-refractivity contribution in [3.63, 3.8) is 0 Å². The predicted molar refractivity (Wildman–Crippen MR) is 123 cm³/mol. The van der Waals surface area contributed by atoms with Gasteiger partial charge < -0.3 is 21.3 Å². The molecule has 1 aromatic rings. The molecule has 0 bridgehead atoms. The lowest BCUT2D eigenvalue weighted by molar-refractivity contribution is -0.150. The molecule has 3 aliphatic rings. The number of nitrogens with two attached hydrogens (primary N) is 1. The summed E-state index contributed by atoms with van der Waals surface area (Å²) in [4.78, 5) is 38.7. The topological polar surface area (TPSA) is 159 Å². The van der Waals surface area contributed by atoms with Crippen molar-refractivity contribution in [2.24, 2.45) is 5.73 Å². The van der Waals surface area contributed by atoms with Gasteiger partial charge in [0, 0.05) is 30.5 Å². The lowest BCUT2D eigenvalue weighted by Gasteiger charge is -2.49. The van der Waals surface area contributed by atoms with Crippen LogP contribution < -0.4 is 11.1 Å². The van der Waals surface area contributed by atoms with Gasteiger partial charge in [0.2, 0.25) is 11.8 Å². The van der Waals surface area contributed by atoms with Gasteiger partial charge in [-0.3, -0.25) is 14.5 Å². The molecule has 1 aromatic heterocycles. The average molecular weight is 492 g/mol. The quantitative estimate of drug-likeness (QED) is 0.237. The van der Waals surface area contributed by atoms with E-state index in [-0.39, 0.29) is 23.9 Å². The number of thioether (sulfide) groups is 2. The summed E-state index contributed by atoms with van der Waals surface area (Å²) in [6.07, 6.45) is 4.10. The van der Waals surface area contributed by atoms with Crippen molar-refractivity contribution in [3.05, 3.63) is 34.5 Å². The van der Waals surface area contributed by atoms with Crippen LogP contribution in [0.15, 0.2) is 39.6 Å². The molecule has 1 aliphatic carbocycles. The Morgan fingerprint density at radius 2 is 1.97 bits per heavy atom. The second kappa shape index (κ2) is 10.1. The SMILES string of the molecule is NCC1=C(CC(=O)NC2C(=O)N3C(C(=O)O)=C(CSc4ccc(O)nn4)CS[C@H]23)CCCC1. The Balaban J connectivity index is 1.42. The third kappa shape index (κ3) is 5.02. The van der Waals surface area contributed by atoms with Crippen LogP contribution in [-0.4, -0.2) is 72.6 Å². The van der Waals surface area contributed by atoms with Gasteiger partial charge in [0.15, 0.2) is 0 Å². The fourth-order valence-electron chi connectivity index (χ4n) is 4.25. The number of β-lactam (4-membered cyclic amide) rings is 1. The number of carboxylic acid groups (broad SMARTS) is 1. The van der Waals surface area contributed by atoms with E-state index in [4.69, 9.17) is 5.73 Å². The molecule has 0 saturated carbocycles. The third-order valence-corrected chi connectivity index (χ3v) is 8.26. The molecule has 1 fully saturated rings. The summed E-state index contributed by atoms with van der Waals surface area (Å²) in [5.74, 6) is -1.28. The Kier molecular flexibility index (Phi) is 7.25. The normalized spacial score (nSPS) is 22.7. The summed E-state index contributed by atoms with van der Waals surface area (Å²) in [6, 6.07) is 2.25. The lowest BCUT2D eigenvalue weighted by atomic mass is 9.89. The zero-order valence-corrected chi connectivity index (χ0v) is 19.5. The Morgan fingerprint density at radius 1 is 1.21 bits per heavy atom. The molecule has 1 unspecified atom stereocenters. The van der Waals surface area contributed by atoms with E-state index in [1.54, 1.807) is 6.07 Å². The maximum Gasteiger partial charge on any atom is 0.352 e. The fraction of sp³-hybridized carbons (Fsp3) is 0.476. The number of hydrogen-bond donors (Lipinski definition) is 4. The minimum absolute atomic E-state index is 0.0334. The largest absolute Gasteiger partial charge is 0.492 e. The Hall–Kier alpha value is -2.57. The molecule has 5 N–H and O–H groups in total. The molecule has 176 valence electrons. The average Bonchev–Trinajstić information content (AvgIpc) is 2.81. The van der Waals surface area contributed by atoms with Crippen LogP contribution in [0, 0.1) is 0 Å². The summed E-state index contributed by atoms with van der Waals surface area (Å²) < 4.78 is 0. The van der Waals surface area contributed by atoms with E-state index < -0.39 is 23.3 Å². The Bertz CT molecular complexity index is 1030. The first-order chi connectivity index (χ1) is 15.9. The monoisotopic (exact) mass is 491 g/mol. The van der Waals surface area contributed by atoms with Crippen LogP contribution in [0.3, 0.4) is 0 Å². The first-order valence-corrected chi connectivity index (χ1v) is 12.7. The van der Waals surface area contributed by atoms with Crippen molar-refractivity contribution in [1.29, 1.82) is 0 Å². The molecule has 0 aromatic carbocycles. The highest BCUT2D eigenvalue weighted by Gasteiger charge is 2.54. The molecule has 12 heteroatoms. The number of hydrogen-bond acceptors (Lipinski definition) is 9. The number of aromatic hydroxyl groups is 1. The molecular formula is C21H25N5O5S2. The molecule has 2 aliphatic heterocycles. The van der Waals surface area contributed by atoms with Gasteiger partial charge in [-0.2, -0.15) is 0 Å². The highest BCUT2D eigenvalue weighted by molar-refractivity contribution is 8.01. The standard InChI is InChI=1S/C21H25N5O5S2/c22-8-12-4-2-1-3-11(12)7-15(28)23-17-19(29)26-18(21(30)31)13(10-33-20(17)26)9-32-16-6-5-14(27)24-25-16/h5-6,17,20H,1-4,7-10,22H2,(H,23,28)(H,24,27)(H,30,31)/t17?,20-/m1/s1. The Labute approximate surface area is 199 Å². The van der Waals surface area contributed by atoms with E-state index in [2.05, 4.69) is 15.5 Å². The first kappa shape index (κ1) is 23.6. The van der Waals surface area contributed by atoms with Gasteiger partial charge in [-0.05, 0) is 37.3 Å². The summed E-state index contributed by atoms with van der Waals surface area (Å²) in [7, 11) is 0. The molecule has 0 spiro atoms. The number of carboxylic acids is 1. The lowest BCUT2D eigenvalue weighted by Crippen LogP contribution is -2.70. The molecule has 33 heavy (non-hydrogen) atoms. The van der Waals surface area contributed by atoms with E-state index in [1.165, 1.54) is 34.5 Å². The minimum atomic E-state index is -1.18. The van der Waals surface area contributed by atoms with Crippen LogP contribution in [-0.2, 0) is 14.4 Å². The summed E-state index contributed by atoms with van der Waals surface area (Å²) in [6.45, 7) is 0.445. The van der Waals surface area contributed by atoms with Crippen LogP contribution >= 0.6 is 23.5 Å². The van der Waals surface area contributed by atoms with Crippen molar-refractivity contribution in [3.8, 4) is 5.88 Å². The van der Waals surface area contributed by atoms with Crippen molar-refractivity contribution in [1.82, 2.24) is 20.4 Å². The molecule has 4 rings (SSSR count). The first-order valence-electron chi connectivity index (χ1n) is 10.6. The van der Waals surface area contributed by atoms with Crippen molar-refractivity contribution < 1.29 is 24.6 Å². The number of carbonyl (C=O) groups is 3. The fourth-order valence-corrected chi connectivity index (χ4v) is 6.55. The number of amides is 2. The molecule has 2 atom stereocenters. The van der Waals surface area contributed by atoms with Gasteiger partial charge >= 0.3 is 5.97 Å². The molecule has 1 saturated heterocycles. The van der Waals surface area contributed by atoms with Gasteiger partial charge in [-0.25, -0.2) is 4.79 Å². The number of nitrogens with one attached hydrogen (secondary N) is 1. The van der Waals surface area contributed by atoms with E-state index >= 15 is 0 Å². The number of nitrogens with zero attached hydrogens (tertiary/aromatic N) is 3. The molecule has 10 nitrogen and oxygen atoms in total. The van der Waals surface area contributed by atoms with Gasteiger partial charge in [0.25, 0.3) is 5.91 Å². The third-order valence-electron chi connectivity index (χ3n) is 5.91. The number of aromatic nitrogens is 2. The molecule has 0 radical (unpaired) electrons. The number of fused-ring (bicyclic) bond motifs is 1. The van der Waals surface area contributed by atoms with Gasteiger partial charge in [-0.1, -0.05) is 11.1 Å². The number of rotatable bonds is 8. The van der Waals surface area contributed by atoms with E-state index in [0.717, 1.165) is 36.8 Å². The second-order valence-corrected chi connectivity index (χ2v) is 10.1. The van der Waals surface area contributed by atoms with Gasteiger partial charge in [0.1, 0.15) is 22.1 Å². The van der Waals surface area contributed by atoms with Crippen molar-refractivity contribution >= 4 is 41.3 Å². The van der Waals surface area contributed by atoms with Gasteiger partial charge in [0.05, 0.1) is 0 Å². The predicted octanol–water partition coefficient (Wildman–Crippen LogP) is 1.23. The van der Waals surface area contributed by atoms with Gasteiger partial charge in [-0.15, -0.1) is 33.7 Å². The molecule has 2 amide bonds. The van der Waals surface area contributed by atoms with Crippen molar-refractivity contribution in [2.75, 3.05) is 18.1 Å². The minimum Gasteiger partial charge on any atom is -0.492 e. The highest BCUT2D eigenvalue weighted by atomic mass is 32.2. The second-order valence-electron chi connectivity index (χ2n) is 8.03. The van der Waals surface area contributed by atoms with Crippen LogP contribution in [0.4, 0.5) is 0 Å². The zero-order valence-electron chi connectivity index (χ0n) is 17.8. The summed E-state index contributed by atoms with van der Waals surface area (Å²) >= 11 is 2.71. The number of aliphatic carboxylic acids is 1. The Morgan fingerprint density at radius 3 is 2.64 bits per heavy atom. The van der Waals surface area contributed by atoms with Crippen LogP contribution in [0.25, 0.3) is 0 Å². The maximum absolute atomic E-state index is 12.8. The zero-order chi connectivity index (χ0) is 23.5. The van der Waals surface area contributed by atoms with Crippen LogP contribution in [0.2, 0.25) is 0 Å². The summed E-state index contributed by atoms with van der Waals surface area (Å²) in [5, 5.41) is 29.3.